The van der Waals surface area contributed by atoms with Crippen LogP contribution < -0.4 is 0 Å². The Kier molecular flexibility index (Phi) is 6.28. The molecular formula is C10H19NO4S. The number of carbonyl (C=O) groups is 1. The minimum absolute atomic E-state index is 0.195. The molecule has 1 amide bonds. The van der Waals surface area contributed by atoms with Crippen LogP contribution in [0.2, 0.25) is 0 Å². The number of rotatable bonds is 7. The molecule has 0 aromatic heterocycles. The summed E-state index contributed by atoms with van der Waals surface area (Å²) in [5.74, 6) is -0.195. The number of amides is 1. The van der Waals surface area contributed by atoms with E-state index in [1.54, 1.807) is 14.0 Å². The van der Waals surface area contributed by atoms with Crippen LogP contribution in [0, 0.1) is 0 Å². The predicted octanol–water partition coefficient (Wildman–Crippen LogP) is 1.08. The number of hydrogen-bond donors (Lipinski definition) is 1. The van der Waals surface area contributed by atoms with Crippen LogP contribution in [0.3, 0.4) is 0 Å². The van der Waals surface area contributed by atoms with Gasteiger partial charge in [0.05, 0.1) is 5.25 Å². The van der Waals surface area contributed by atoms with Crippen molar-refractivity contribution in [1.29, 1.82) is 0 Å². The third-order valence-corrected chi connectivity index (χ3v) is 3.86. The molecule has 0 aromatic rings. The molecule has 0 rings (SSSR count). The van der Waals surface area contributed by atoms with E-state index in [4.69, 9.17) is 4.55 Å². The van der Waals surface area contributed by atoms with E-state index >= 15 is 0 Å². The second-order valence-corrected chi connectivity index (χ2v) is 5.35. The van der Waals surface area contributed by atoms with Gasteiger partial charge in [-0.1, -0.05) is 13.5 Å². The van der Waals surface area contributed by atoms with Crippen molar-refractivity contribution < 1.29 is 17.8 Å². The lowest BCUT2D eigenvalue weighted by atomic mass is 10.2. The first-order valence-corrected chi connectivity index (χ1v) is 6.67. The van der Waals surface area contributed by atoms with Gasteiger partial charge in [0.15, 0.2) is 0 Å². The highest BCUT2D eigenvalue weighted by atomic mass is 32.2. The van der Waals surface area contributed by atoms with Crippen LogP contribution >= 0.6 is 0 Å². The third-order valence-electron chi connectivity index (χ3n) is 2.45. The minimum Gasteiger partial charge on any atom is -0.342 e. The first-order valence-electron chi connectivity index (χ1n) is 5.16. The van der Waals surface area contributed by atoms with Gasteiger partial charge in [-0.05, 0) is 25.3 Å². The predicted molar refractivity (Wildman–Crippen MR) is 62.7 cm³/mol. The molecule has 0 radical (unpaired) electrons. The van der Waals surface area contributed by atoms with Crippen molar-refractivity contribution in [3.63, 3.8) is 0 Å². The van der Waals surface area contributed by atoms with E-state index in [1.807, 2.05) is 0 Å². The molecule has 0 heterocycles. The zero-order valence-electron chi connectivity index (χ0n) is 9.72. The molecule has 0 saturated heterocycles. The van der Waals surface area contributed by atoms with Crippen molar-refractivity contribution in [2.75, 3.05) is 13.6 Å². The summed E-state index contributed by atoms with van der Waals surface area (Å²) in [5, 5.41) is -0.736. The number of hydrogen-bond acceptors (Lipinski definition) is 3. The second kappa shape index (κ2) is 6.65. The monoisotopic (exact) mass is 249 g/mol. The standard InChI is InChI=1S/C10H19NO4S/c1-4-9(16(13,14)15)7-6-8-11(3)10(12)5-2/h5,9H,2,4,6-8H2,1,3H3,(H,13,14,15). The van der Waals surface area contributed by atoms with Gasteiger partial charge in [-0.2, -0.15) is 8.42 Å². The summed E-state index contributed by atoms with van der Waals surface area (Å²) in [6.45, 7) is 5.51. The first kappa shape index (κ1) is 15.1. The van der Waals surface area contributed by atoms with Gasteiger partial charge in [0.25, 0.3) is 10.1 Å². The van der Waals surface area contributed by atoms with E-state index in [9.17, 15) is 13.2 Å². The molecular weight excluding hydrogens is 230 g/mol. The summed E-state index contributed by atoms with van der Waals surface area (Å²) >= 11 is 0. The van der Waals surface area contributed by atoms with Crippen molar-refractivity contribution in [1.82, 2.24) is 4.90 Å². The summed E-state index contributed by atoms with van der Waals surface area (Å²) in [4.78, 5) is 12.6. The lowest BCUT2D eigenvalue weighted by Crippen LogP contribution is -2.27. The quantitative estimate of drug-likeness (QED) is 0.541. The van der Waals surface area contributed by atoms with Gasteiger partial charge in [-0.3, -0.25) is 9.35 Å². The van der Waals surface area contributed by atoms with Gasteiger partial charge in [-0.15, -0.1) is 0 Å². The van der Waals surface area contributed by atoms with E-state index < -0.39 is 15.4 Å². The fourth-order valence-corrected chi connectivity index (χ4v) is 2.27. The lowest BCUT2D eigenvalue weighted by molar-refractivity contribution is -0.124. The Bertz CT molecular complexity index is 337. The Hall–Kier alpha value is -0.880. The van der Waals surface area contributed by atoms with E-state index in [-0.39, 0.29) is 5.91 Å². The zero-order chi connectivity index (χ0) is 12.8. The van der Waals surface area contributed by atoms with Crippen LogP contribution in [0.5, 0.6) is 0 Å². The molecule has 0 aliphatic carbocycles. The molecule has 0 aliphatic rings. The van der Waals surface area contributed by atoms with Crippen molar-refractivity contribution in [3.8, 4) is 0 Å². The van der Waals surface area contributed by atoms with Crippen LogP contribution in [-0.4, -0.2) is 42.6 Å². The van der Waals surface area contributed by atoms with Gasteiger partial charge in [0.2, 0.25) is 5.91 Å². The molecule has 94 valence electrons. The molecule has 1 atom stereocenters. The van der Waals surface area contributed by atoms with E-state index in [0.717, 1.165) is 0 Å². The Morgan fingerprint density at radius 1 is 1.56 bits per heavy atom. The first-order chi connectivity index (χ1) is 7.32. The average molecular weight is 249 g/mol. The fourth-order valence-electron chi connectivity index (χ4n) is 1.39. The van der Waals surface area contributed by atoms with Crippen molar-refractivity contribution >= 4 is 16.0 Å². The number of carbonyl (C=O) groups excluding carboxylic acids is 1. The summed E-state index contributed by atoms with van der Waals surface area (Å²) in [6.07, 6.45) is 2.47. The Labute approximate surface area is 96.9 Å². The number of nitrogens with zero attached hydrogens (tertiary/aromatic N) is 1. The molecule has 0 fully saturated rings. The molecule has 0 spiro atoms. The van der Waals surface area contributed by atoms with E-state index in [0.29, 0.717) is 25.8 Å². The lowest BCUT2D eigenvalue weighted by Gasteiger charge is -2.16. The highest BCUT2D eigenvalue weighted by molar-refractivity contribution is 7.86. The third kappa shape index (κ3) is 5.27. The Morgan fingerprint density at radius 3 is 2.50 bits per heavy atom. The second-order valence-electron chi connectivity index (χ2n) is 3.65. The number of likely N-dealkylation sites (N-methyl/N-ethyl adjacent to an activating group) is 1. The topological polar surface area (TPSA) is 74.7 Å². The van der Waals surface area contributed by atoms with Gasteiger partial charge in [-0.25, -0.2) is 0 Å². The molecule has 0 aliphatic heterocycles. The van der Waals surface area contributed by atoms with E-state index in [2.05, 4.69) is 6.58 Å². The Morgan fingerprint density at radius 2 is 2.12 bits per heavy atom. The molecule has 1 N–H and O–H groups in total. The van der Waals surface area contributed by atoms with Gasteiger partial charge >= 0.3 is 0 Å². The normalized spacial score (nSPS) is 13.2. The van der Waals surface area contributed by atoms with Crippen molar-refractivity contribution in [2.45, 2.75) is 31.4 Å². The SMILES string of the molecule is C=CC(=O)N(C)CCCC(CC)S(=O)(=O)O. The summed E-state index contributed by atoms with van der Waals surface area (Å²) in [6, 6.07) is 0. The maximum Gasteiger partial charge on any atom is 0.267 e. The highest BCUT2D eigenvalue weighted by Gasteiger charge is 2.20. The van der Waals surface area contributed by atoms with Gasteiger partial charge in [0.1, 0.15) is 0 Å². The van der Waals surface area contributed by atoms with E-state index in [1.165, 1.54) is 11.0 Å². The maximum atomic E-state index is 11.1. The highest BCUT2D eigenvalue weighted by Crippen LogP contribution is 2.11. The van der Waals surface area contributed by atoms with Crippen LogP contribution in [0.15, 0.2) is 12.7 Å². The summed E-state index contributed by atoms with van der Waals surface area (Å²) < 4.78 is 30.6. The van der Waals surface area contributed by atoms with Crippen LogP contribution in [0.1, 0.15) is 26.2 Å². The van der Waals surface area contributed by atoms with Crippen molar-refractivity contribution in [3.05, 3.63) is 12.7 Å². The molecule has 0 aromatic carbocycles. The molecule has 16 heavy (non-hydrogen) atoms. The molecule has 0 saturated carbocycles. The van der Waals surface area contributed by atoms with Crippen LogP contribution in [-0.2, 0) is 14.9 Å². The van der Waals surface area contributed by atoms with Crippen molar-refractivity contribution in [2.24, 2.45) is 0 Å². The largest absolute Gasteiger partial charge is 0.342 e. The summed E-state index contributed by atoms with van der Waals surface area (Å²) in [5.41, 5.74) is 0. The summed E-state index contributed by atoms with van der Waals surface area (Å²) in [7, 11) is -2.34. The molecule has 0 bridgehead atoms. The van der Waals surface area contributed by atoms with Gasteiger partial charge in [0, 0.05) is 13.6 Å². The molecule has 5 nitrogen and oxygen atoms in total. The zero-order valence-corrected chi connectivity index (χ0v) is 10.5. The average Bonchev–Trinajstić information content (AvgIpc) is 2.20. The van der Waals surface area contributed by atoms with Crippen LogP contribution in [0.4, 0.5) is 0 Å². The fraction of sp³-hybridized carbons (Fsp3) is 0.700. The minimum atomic E-state index is -3.96. The maximum absolute atomic E-state index is 11.1. The Balaban J connectivity index is 4.07. The smallest absolute Gasteiger partial charge is 0.267 e. The molecule has 1 unspecified atom stereocenters. The molecule has 6 heteroatoms. The van der Waals surface area contributed by atoms with Crippen LogP contribution in [0.25, 0.3) is 0 Å². The van der Waals surface area contributed by atoms with Gasteiger partial charge < -0.3 is 4.90 Å².